The van der Waals surface area contributed by atoms with Gasteiger partial charge in [-0.05, 0) is 40.5 Å². The van der Waals surface area contributed by atoms with Gasteiger partial charge in [0.25, 0.3) is 0 Å². The molecule has 1 aromatic heterocycles. The highest BCUT2D eigenvalue weighted by Gasteiger charge is 2.11. The number of halogens is 2. The maximum atomic E-state index is 13.0. The predicted molar refractivity (Wildman–Crippen MR) is 69.0 cm³/mol. The van der Waals surface area contributed by atoms with Crippen molar-refractivity contribution in [3.63, 3.8) is 0 Å². The summed E-state index contributed by atoms with van der Waals surface area (Å²) in [6.45, 7) is 1.86. The van der Waals surface area contributed by atoms with E-state index in [9.17, 15) is 9.18 Å². The van der Waals surface area contributed by atoms with E-state index in [1.165, 1.54) is 17.4 Å². The van der Waals surface area contributed by atoms with Crippen LogP contribution in [0.3, 0.4) is 0 Å². The molecular formula is C12H9BrFNOS. The molecule has 0 saturated heterocycles. The molecule has 0 saturated carbocycles. The van der Waals surface area contributed by atoms with Crippen LogP contribution < -0.4 is 0 Å². The molecule has 5 heteroatoms. The van der Waals surface area contributed by atoms with Gasteiger partial charge >= 0.3 is 0 Å². The van der Waals surface area contributed by atoms with E-state index in [2.05, 4.69) is 20.9 Å². The van der Waals surface area contributed by atoms with Gasteiger partial charge < -0.3 is 0 Å². The summed E-state index contributed by atoms with van der Waals surface area (Å²) >= 11 is 4.48. The Balaban J connectivity index is 2.15. The summed E-state index contributed by atoms with van der Waals surface area (Å²) in [6, 6.07) is 4.59. The highest BCUT2D eigenvalue weighted by molar-refractivity contribution is 9.10. The number of carbonyl (C=O) groups excluding carboxylic acids is 1. The second-order valence-corrected chi connectivity index (χ2v) is 5.68. The van der Waals surface area contributed by atoms with Crippen molar-refractivity contribution in [2.45, 2.75) is 13.3 Å². The minimum atomic E-state index is -0.324. The number of hydrogen-bond acceptors (Lipinski definition) is 3. The molecule has 1 aromatic carbocycles. The predicted octanol–water partition coefficient (Wildman–Crippen LogP) is 3.78. The second-order valence-electron chi connectivity index (χ2n) is 3.59. The summed E-state index contributed by atoms with van der Waals surface area (Å²) in [7, 11) is 0. The highest BCUT2D eigenvalue weighted by atomic mass is 79.9. The van der Waals surface area contributed by atoms with Crippen LogP contribution >= 0.6 is 27.3 Å². The second kappa shape index (κ2) is 5.06. The van der Waals surface area contributed by atoms with Crippen molar-refractivity contribution in [3.8, 4) is 0 Å². The number of aromatic nitrogens is 1. The number of ketones is 1. The Labute approximate surface area is 111 Å². The van der Waals surface area contributed by atoms with Crippen LogP contribution in [0.2, 0.25) is 0 Å². The monoisotopic (exact) mass is 313 g/mol. The summed E-state index contributed by atoms with van der Waals surface area (Å²) in [6.07, 6.45) is 1.85. The molecule has 2 rings (SSSR count). The van der Waals surface area contributed by atoms with Crippen LogP contribution in [0, 0.1) is 12.7 Å². The van der Waals surface area contributed by atoms with Gasteiger partial charge in [0.05, 0.1) is 14.4 Å². The smallest absolute Gasteiger partial charge is 0.178 e. The van der Waals surface area contributed by atoms with Crippen molar-refractivity contribution in [2.75, 3.05) is 0 Å². The quantitative estimate of drug-likeness (QED) is 0.807. The van der Waals surface area contributed by atoms with Crippen molar-refractivity contribution in [3.05, 3.63) is 50.1 Å². The van der Waals surface area contributed by atoms with E-state index >= 15 is 0 Å². The van der Waals surface area contributed by atoms with E-state index < -0.39 is 0 Å². The summed E-state index contributed by atoms with van der Waals surface area (Å²) in [4.78, 5) is 16.6. The maximum absolute atomic E-state index is 13.0. The van der Waals surface area contributed by atoms with Crippen LogP contribution in [0.4, 0.5) is 4.39 Å². The number of benzene rings is 1. The third-order valence-electron chi connectivity index (χ3n) is 2.24. The molecule has 0 unspecified atom stereocenters. The molecule has 0 amide bonds. The maximum Gasteiger partial charge on any atom is 0.178 e. The lowest BCUT2D eigenvalue weighted by atomic mass is 10.1. The minimum absolute atomic E-state index is 0.00843. The largest absolute Gasteiger partial charge is 0.293 e. The molecule has 0 atom stereocenters. The standard InChI is InChI=1S/C12H9BrFNOS/c1-7-15-6-12(17-7)11(16)5-8-2-3-10(14)9(13)4-8/h2-4,6H,5H2,1H3. The Bertz CT molecular complexity index is 567. The molecule has 88 valence electrons. The zero-order valence-electron chi connectivity index (χ0n) is 9.04. The first kappa shape index (κ1) is 12.4. The molecule has 2 nitrogen and oxygen atoms in total. The number of aryl methyl sites for hydroxylation is 1. The van der Waals surface area contributed by atoms with Gasteiger partial charge in [0.15, 0.2) is 5.78 Å². The van der Waals surface area contributed by atoms with E-state index in [0.717, 1.165) is 10.6 Å². The van der Waals surface area contributed by atoms with Crippen LogP contribution in [-0.4, -0.2) is 10.8 Å². The molecule has 17 heavy (non-hydrogen) atoms. The average molecular weight is 314 g/mol. The number of carbonyl (C=O) groups is 1. The van der Waals surface area contributed by atoms with Crippen molar-refractivity contribution >= 4 is 33.0 Å². The fraction of sp³-hybridized carbons (Fsp3) is 0.167. The Morgan fingerprint density at radius 1 is 1.53 bits per heavy atom. The number of hydrogen-bond donors (Lipinski definition) is 0. The van der Waals surface area contributed by atoms with Gasteiger partial charge in [-0.2, -0.15) is 0 Å². The lowest BCUT2D eigenvalue weighted by Gasteiger charge is -2.00. The zero-order chi connectivity index (χ0) is 12.4. The Morgan fingerprint density at radius 3 is 2.88 bits per heavy atom. The molecule has 2 aromatic rings. The number of nitrogens with zero attached hydrogens (tertiary/aromatic N) is 1. The van der Waals surface area contributed by atoms with Gasteiger partial charge in [-0.1, -0.05) is 6.07 Å². The summed E-state index contributed by atoms with van der Waals surface area (Å²) < 4.78 is 13.4. The van der Waals surface area contributed by atoms with Crippen molar-refractivity contribution in [2.24, 2.45) is 0 Å². The lowest BCUT2D eigenvalue weighted by Crippen LogP contribution is -2.01. The Kier molecular flexibility index (Phi) is 3.69. The average Bonchev–Trinajstić information content (AvgIpc) is 2.70. The normalized spacial score (nSPS) is 10.5. The molecular weight excluding hydrogens is 305 g/mol. The molecule has 0 aliphatic rings. The highest BCUT2D eigenvalue weighted by Crippen LogP contribution is 2.19. The van der Waals surface area contributed by atoms with Crippen LogP contribution in [0.1, 0.15) is 20.2 Å². The Morgan fingerprint density at radius 2 is 2.29 bits per heavy atom. The third-order valence-corrected chi connectivity index (χ3v) is 3.81. The number of thiazole rings is 1. The van der Waals surface area contributed by atoms with Gasteiger partial charge in [0, 0.05) is 12.6 Å². The molecule has 0 fully saturated rings. The van der Waals surface area contributed by atoms with E-state index in [1.54, 1.807) is 18.3 Å². The molecule has 0 aliphatic carbocycles. The molecule has 0 aliphatic heterocycles. The zero-order valence-corrected chi connectivity index (χ0v) is 11.4. The van der Waals surface area contributed by atoms with Crippen molar-refractivity contribution in [1.29, 1.82) is 0 Å². The SMILES string of the molecule is Cc1ncc(C(=O)Cc2ccc(F)c(Br)c2)s1. The van der Waals surface area contributed by atoms with Gasteiger partial charge in [0.2, 0.25) is 0 Å². The molecule has 0 spiro atoms. The summed E-state index contributed by atoms with van der Waals surface area (Å²) in [5.74, 6) is -0.316. The van der Waals surface area contributed by atoms with Gasteiger partial charge in [-0.25, -0.2) is 9.37 Å². The number of Topliss-reactive ketones (excluding diaryl/α,β-unsaturated/α-hetero) is 1. The van der Waals surface area contributed by atoms with Crippen LogP contribution in [0.15, 0.2) is 28.9 Å². The van der Waals surface area contributed by atoms with Crippen LogP contribution in [-0.2, 0) is 6.42 Å². The van der Waals surface area contributed by atoms with Gasteiger partial charge in [-0.15, -0.1) is 11.3 Å². The first-order chi connectivity index (χ1) is 8.06. The van der Waals surface area contributed by atoms with Crippen LogP contribution in [0.25, 0.3) is 0 Å². The first-order valence-corrected chi connectivity index (χ1v) is 6.57. The van der Waals surface area contributed by atoms with E-state index in [-0.39, 0.29) is 18.0 Å². The molecule has 0 N–H and O–H groups in total. The fourth-order valence-corrected chi connectivity index (χ4v) is 2.55. The van der Waals surface area contributed by atoms with Crippen molar-refractivity contribution in [1.82, 2.24) is 4.98 Å². The topological polar surface area (TPSA) is 30.0 Å². The molecule has 0 bridgehead atoms. The number of rotatable bonds is 3. The Hall–Kier alpha value is -1.07. The van der Waals surface area contributed by atoms with E-state index in [4.69, 9.17) is 0 Å². The minimum Gasteiger partial charge on any atom is -0.293 e. The van der Waals surface area contributed by atoms with Crippen LogP contribution in [0.5, 0.6) is 0 Å². The van der Waals surface area contributed by atoms with Gasteiger partial charge in [0.1, 0.15) is 5.82 Å². The lowest BCUT2D eigenvalue weighted by molar-refractivity contribution is 0.0996. The third kappa shape index (κ3) is 2.98. The summed E-state index contributed by atoms with van der Waals surface area (Å²) in [5, 5.41) is 0.869. The molecule has 1 heterocycles. The fourth-order valence-electron chi connectivity index (χ4n) is 1.41. The van der Waals surface area contributed by atoms with E-state index in [0.29, 0.717) is 9.35 Å². The first-order valence-electron chi connectivity index (χ1n) is 4.96. The summed E-state index contributed by atoms with van der Waals surface area (Å²) in [5.41, 5.74) is 0.786. The van der Waals surface area contributed by atoms with Gasteiger partial charge in [-0.3, -0.25) is 4.79 Å². The molecule has 0 radical (unpaired) electrons. The van der Waals surface area contributed by atoms with E-state index in [1.807, 2.05) is 6.92 Å². The van der Waals surface area contributed by atoms with Crippen molar-refractivity contribution < 1.29 is 9.18 Å².